The minimum absolute atomic E-state index is 0.164. The van der Waals surface area contributed by atoms with Crippen molar-refractivity contribution in [1.82, 2.24) is 10.3 Å². The van der Waals surface area contributed by atoms with Gasteiger partial charge in [-0.2, -0.15) is 0 Å². The van der Waals surface area contributed by atoms with Gasteiger partial charge in [-0.25, -0.2) is 4.98 Å². The molecule has 0 radical (unpaired) electrons. The third kappa shape index (κ3) is 2.14. The van der Waals surface area contributed by atoms with Crippen LogP contribution in [0.15, 0.2) is 0 Å². The van der Waals surface area contributed by atoms with Gasteiger partial charge in [-0.05, 0) is 25.8 Å². The number of nitrogens with one attached hydrogen (secondary N) is 1. The van der Waals surface area contributed by atoms with Crippen LogP contribution in [-0.2, 0) is 6.42 Å². The predicted octanol–water partition coefficient (Wildman–Crippen LogP) is 1.07. The van der Waals surface area contributed by atoms with E-state index in [-0.39, 0.29) is 6.04 Å². The molecule has 15 heavy (non-hydrogen) atoms. The first-order valence-corrected chi connectivity index (χ1v) is 6.20. The molecule has 1 aromatic rings. The molecule has 4 N–H and O–H groups in total. The van der Waals surface area contributed by atoms with E-state index in [1.807, 2.05) is 0 Å². The van der Waals surface area contributed by atoms with E-state index in [2.05, 4.69) is 17.2 Å². The second-order valence-electron chi connectivity index (χ2n) is 3.91. The molecule has 1 aliphatic carbocycles. The largest absolute Gasteiger partial charge is 0.386 e. The summed E-state index contributed by atoms with van der Waals surface area (Å²) < 4.78 is 0. The smallest absolute Gasteiger partial charge is 0.180 e. The number of hydrogen-bond donors (Lipinski definition) is 3. The number of aliphatic hydroxyl groups is 1. The van der Waals surface area contributed by atoms with Gasteiger partial charge in [0.15, 0.2) is 5.13 Å². The Kier molecular flexibility index (Phi) is 3.23. The first-order chi connectivity index (χ1) is 7.22. The molecule has 4 nitrogen and oxygen atoms in total. The third-order valence-electron chi connectivity index (χ3n) is 2.74. The van der Waals surface area contributed by atoms with Gasteiger partial charge in [0, 0.05) is 6.04 Å². The van der Waals surface area contributed by atoms with Crippen LogP contribution in [0.3, 0.4) is 0 Å². The lowest BCUT2D eigenvalue weighted by molar-refractivity contribution is 0.118. The van der Waals surface area contributed by atoms with Crippen molar-refractivity contribution in [3.8, 4) is 0 Å². The average molecular weight is 227 g/mol. The second-order valence-corrected chi connectivity index (χ2v) is 4.97. The Labute approximate surface area is 93.5 Å². The summed E-state index contributed by atoms with van der Waals surface area (Å²) in [6.07, 6.45) is 2.51. The lowest BCUT2D eigenvalue weighted by Crippen LogP contribution is -2.38. The first-order valence-electron chi connectivity index (χ1n) is 5.39. The zero-order valence-corrected chi connectivity index (χ0v) is 9.68. The van der Waals surface area contributed by atoms with Gasteiger partial charge < -0.3 is 16.2 Å². The average Bonchev–Trinajstić information content (AvgIpc) is 2.59. The highest BCUT2D eigenvalue weighted by Gasteiger charge is 2.30. The lowest BCUT2D eigenvalue weighted by Gasteiger charge is -2.27. The molecule has 0 saturated heterocycles. The van der Waals surface area contributed by atoms with Crippen molar-refractivity contribution in [3.05, 3.63) is 10.6 Å². The van der Waals surface area contributed by atoms with Gasteiger partial charge in [0.05, 0.1) is 10.6 Å². The molecule has 0 spiro atoms. The molecule has 0 fully saturated rings. The van der Waals surface area contributed by atoms with Gasteiger partial charge in [0.2, 0.25) is 0 Å². The lowest BCUT2D eigenvalue weighted by atomic mass is 9.95. The van der Waals surface area contributed by atoms with E-state index in [1.54, 1.807) is 0 Å². The normalized spacial score (nSPS) is 25.2. The summed E-state index contributed by atoms with van der Waals surface area (Å²) in [6, 6.07) is 0.164. The number of fused-ring (bicyclic) bond motifs is 1. The Bertz CT molecular complexity index is 339. The van der Waals surface area contributed by atoms with Crippen molar-refractivity contribution in [2.75, 3.05) is 12.3 Å². The third-order valence-corrected chi connectivity index (χ3v) is 3.74. The van der Waals surface area contributed by atoms with E-state index in [4.69, 9.17) is 5.73 Å². The topological polar surface area (TPSA) is 71.2 Å². The highest BCUT2D eigenvalue weighted by molar-refractivity contribution is 7.15. The van der Waals surface area contributed by atoms with Crippen molar-refractivity contribution in [2.24, 2.45) is 0 Å². The Morgan fingerprint density at radius 1 is 1.67 bits per heavy atom. The summed E-state index contributed by atoms with van der Waals surface area (Å²) in [6.45, 7) is 3.07. The molecule has 0 aromatic carbocycles. The van der Waals surface area contributed by atoms with Gasteiger partial charge in [-0.1, -0.05) is 18.3 Å². The zero-order valence-electron chi connectivity index (χ0n) is 8.86. The number of rotatable bonds is 3. The van der Waals surface area contributed by atoms with E-state index in [1.165, 1.54) is 11.3 Å². The molecular formula is C10H17N3OS. The summed E-state index contributed by atoms with van der Waals surface area (Å²) in [5, 5.41) is 14.0. The first kappa shape index (κ1) is 10.9. The summed E-state index contributed by atoms with van der Waals surface area (Å²) in [5.41, 5.74) is 6.63. The number of aromatic nitrogens is 1. The van der Waals surface area contributed by atoms with Crippen LogP contribution < -0.4 is 11.1 Å². The quantitative estimate of drug-likeness (QED) is 0.722. The van der Waals surface area contributed by atoms with Crippen LogP contribution >= 0.6 is 11.3 Å². The number of aliphatic hydroxyl groups excluding tert-OH is 1. The van der Waals surface area contributed by atoms with Crippen molar-refractivity contribution in [1.29, 1.82) is 0 Å². The molecule has 84 valence electrons. The molecule has 2 unspecified atom stereocenters. The fraction of sp³-hybridized carbons (Fsp3) is 0.700. The van der Waals surface area contributed by atoms with Gasteiger partial charge in [0.1, 0.15) is 6.10 Å². The number of hydrogen-bond acceptors (Lipinski definition) is 5. The van der Waals surface area contributed by atoms with E-state index >= 15 is 0 Å². The molecule has 5 heteroatoms. The van der Waals surface area contributed by atoms with Crippen molar-refractivity contribution >= 4 is 16.5 Å². The highest BCUT2D eigenvalue weighted by atomic mass is 32.1. The molecule has 1 aliphatic rings. The molecule has 0 amide bonds. The van der Waals surface area contributed by atoms with Gasteiger partial charge in [-0.3, -0.25) is 0 Å². The van der Waals surface area contributed by atoms with E-state index in [9.17, 15) is 5.11 Å². The van der Waals surface area contributed by atoms with Crippen LogP contribution in [0, 0.1) is 0 Å². The molecule has 2 atom stereocenters. The predicted molar refractivity (Wildman–Crippen MR) is 61.9 cm³/mol. The Balaban J connectivity index is 2.11. The molecule has 1 aromatic heterocycles. The number of aryl methyl sites for hydroxylation is 1. The van der Waals surface area contributed by atoms with E-state index < -0.39 is 6.10 Å². The van der Waals surface area contributed by atoms with Crippen LogP contribution in [0.25, 0.3) is 0 Å². The minimum Gasteiger partial charge on any atom is -0.386 e. The number of anilines is 1. The van der Waals surface area contributed by atoms with Gasteiger partial charge in [-0.15, -0.1) is 0 Å². The minimum atomic E-state index is -0.435. The van der Waals surface area contributed by atoms with Crippen LogP contribution in [0.2, 0.25) is 0 Å². The zero-order chi connectivity index (χ0) is 10.8. The maximum absolute atomic E-state index is 10.1. The van der Waals surface area contributed by atoms with Crippen molar-refractivity contribution < 1.29 is 5.11 Å². The van der Waals surface area contributed by atoms with Crippen LogP contribution in [-0.4, -0.2) is 22.7 Å². The van der Waals surface area contributed by atoms with Crippen molar-refractivity contribution in [2.45, 2.75) is 38.3 Å². The fourth-order valence-corrected chi connectivity index (χ4v) is 2.90. The van der Waals surface area contributed by atoms with Crippen LogP contribution in [0.5, 0.6) is 0 Å². The number of nitrogens with two attached hydrogens (primary N) is 1. The monoisotopic (exact) mass is 227 g/mol. The maximum Gasteiger partial charge on any atom is 0.180 e. The SMILES string of the molecule is CCCNC1CCc2nc(N)sc2C1O. The second kappa shape index (κ2) is 4.47. The van der Waals surface area contributed by atoms with Crippen LogP contribution in [0.1, 0.15) is 36.4 Å². The maximum atomic E-state index is 10.1. The number of nitrogens with zero attached hydrogens (tertiary/aromatic N) is 1. The standard InChI is InChI=1S/C10H17N3OS/c1-2-5-12-6-3-4-7-9(8(6)14)15-10(11)13-7/h6,8,12,14H,2-5H2,1H3,(H2,11,13). The summed E-state index contributed by atoms with van der Waals surface area (Å²) in [7, 11) is 0. The molecule has 2 rings (SSSR count). The fourth-order valence-electron chi connectivity index (χ4n) is 1.97. The Hall–Kier alpha value is -0.650. The van der Waals surface area contributed by atoms with Crippen LogP contribution in [0.4, 0.5) is 5.13 Å². The number of nitrogen functional groups attached to an aromatic ring is 1. The molecule has 0 aliphatic heterocycles. The molecule has 0 saturated carbocycles. The molecule has 0 bridgehead atoms. The Morgan fingerprint density at radius 2 is 2.47 bits per heavy atom. The molecular weight excluding hydrogens is 210 g/mol. The summed E-state index contributed by atoms with van der Waals surface area (Å²) in [4.78, 5) is 5.18. The van der Waals surface area contributed by atoms with Gasteiger partial charge in [0.25, 0.3) is 0 Å². The summed E-state index contributed by atoms with van der Waals surface area (Å²) in [5.74, 6) is 0. The Morgan fingerprint density at radius 3 is 3.20 bits per heavy atom. The van der Waals surface area contributed by atoms with Crippen molar-refractivity contribution in [3.63, 3.8) is 0 Å². The number of thiazole rings is 1. The van der Waals surface area contributed by atoms with E-state index in [0.29, 0.717) is 5.13 Å². The van der Waals surface area contributed by atoms with E-state index in [0.717, 1.165) is 36.4 Å². The van der Waals surface area contributed by atoms with Gasteiger partial charge >= 0.3 is 0 Å². The molecule has 1 heterocycles. The summed E-state index contributed by atoms with van der Waals surface area (Å²) >= 11 is 1.41. The highest BCUT2D eigenvalue weighted by Crippen LogP contribution is 2.35.